The molecule has 1 aromatic rings. The van der Waals surface area contributed by atoms with Crippen LogP contribution in [0.3, 0.4) is 0 Å². The van der Waals surface area contributed by atoms with E-state index in [0.717, 1.165) is 5.56 Å². The zero-order chi connectivity index (χ0) is 5.98. The van der Waals surface area contributed by atoms with Gasteiger partial charge in [0, 0.05) is 11.1 Å². The fourth-order valence-corrected chi connectivity index (χ4v) is 0.770. The van der Waals surface area contributed by atoms with Crippen LogP contribution >= 0.6 is 11.6 Å². The fraction of sp³-hybridized carbons (Fsp3) is 0.143. The van der Waals surface area contributed by atoms with Crippen molar-refractivity contribution in [3.63, 3.8) is 0 Å². The van der Waals surface area contributed by atoms with Gasteiger partial charge in [0.05, 0.1) is 0 Å². The summed E-state index contributed by atoms with van der Waals surface area (Å²) < 4.78 is 0. The second-order valence-corrected chi connectivity index (χ2v) is 2.09. The molecule has 1 rings (SSSR count). The molecular formula is C7H6Cl. The van der Waals surface area contributed by atoms with Gasteiger partial charge in [-0.2, -0.15) is 0 Å². The normalized spacial score (nSPS) is 9.25. The maximum absolute atomic E-state index is 5.59. The van der Waals surface area contributed by atoms with Crippen LogP contribution in [-0.2, 0) is 0 Å². The van der Waals surface area contributed by atoms with Crippen molar-refractivity contribution >= 4 is 11.6 Å². The predicted octanol–water partition coefficient (Wildman–Crippen LogP) is 2.45. The van der Waals surface area contributed by atoms with Gasteiger partial charge in [-0.1, -0.05) is 23.7 Å². The molecule has 1 heteroatoms. The maximum Gasteiger partial charge on any atom is 0.0487 e. The quantitative estimate of drug-likeness (QED) is 0.500. The predicted molar refractivity (Wildman–Crippen MR) is 35.0 cm³/mol. The molecule has 0 heterocycles. The second kappa shape index (κ2) is 2.19. The summed E-state index contributed by atoms with van der Waals surface area (Å²) in [4.78, 5) is 0. The molecule has 1 aromatic carbocycles. The Bertz CT molecular complexity index is 164. The van der Waals surface area contributed by atoms with E-state index < -0.39 is 0 Å². The van der Waals surface area contributed by atoms with Crippen molar-refractivity contribution in [1.82, 2.24) is 0 Å². The van der Waals surface area contributed by atoms with Crippen molar-refractivity contribution < 1.29 is 0 Å². The number of aryl methyl sites for hydroxylation is 1. The third-order valence-corrected chi connectivity index (χ3v) is 1.13. The van der Waals surface area contributed by atoms with Gasteiger partial charge in [0.2, 0.25) is 0 Å². The number of hydrogen-bond acceptors (Lipinski definition) is 0. The van der Waals surface area contributed by atoms with E-state index in [9.17, 15) is 0 Å². The Morgan fingerprint density at radius 3 is 2.62 bits per heavy atom. The lowest BCUT2D eigenvalue weighted by Crippen LogP contribution is -1.68. The largest absolute Gasteiger partial charge is 0.0837 e. The van der Waals surface area contributed by atoms with Gasteiger partial charge in [-0.15, -0.1) is 0 Å². The summed E-state index contributed by atoms with van der Waals surface area (Å²) in [6, 6.07) is 8.62. The first-order valence-corrected chi connectivity index (χ1v) is 2.81. The summed E-state index contributed by atoms with van der Waals surface area (Å²) in [7, 11) is 0. The summed E-state index contributed by atoms with van der Waals surface area (Å²) >= 11 is 5.59. The first-order chi connectivity index (χ1) is 3.79. The minimum atomic E-state index is 0.685. The zero-order valence-corrected chi connectivity index (χ0v) is 5.37. The number of benzene rings is 1. The third kappa shape index (κ3) is 1.24. The summed E-state index contributed by atoms with van der Waals surface area (Å²) in [5.74, 6) is 0. The average molecular weight is 126 g/mol. The molecule has 0 aliphatic heterocycles. The number of hydrogen-bond donors (Lipinski definition) is 0. The lowest BCUT2D eigenvalue weighted by molar-refractivity contribution is 1.46. The molecule has 0 atom stereocenters. The Labute approximate surface area is 54.1 Å². The Kier molecular flexibility index (Phi) is 1.54. The average Bonchev–Trinajstić information content (AvgIpc) is 1.64. The van der Waals surface area contributed by atoms with Crippen molar-refractivity contribution in [3.8, 4) is 0 Å². The Morgan fingerprint density at radius 2 is 2.25 bits per heavy atom. The first kappa shape index (κ1) is 5.64. The van der Waals surface area contributed by atoms with E-state index in [1.807, 2.05) is 25.1 Å². The molecule has 0 aromatic heterocycles. The molecule has 0 fully saturated rings. The molecule has 0 amide bonds. The fourth-order valence-electron chi connectivity index (χ4n) is 0.549. The van der Waals surface area contributed by atoms with Gasteiger partial charge in [0.15, 0.2) is 0 Å². The summed E-state index contributed by atoms with van der Waals surface area (Å²) in [5, 5.41) is 0.685. The molecule has 8 heavy (non-hydrogen) atoms. The minimum absolute atomic E-state index is 0.685. The van der Waals surface area contributed by atoms with Crippen molar-refractivity contribution in [2.45, 2.75) is 6.92 Å². The van der Waals surface area contributed by atoms with E-state index in [4.69, 9.17) is 11.6 Å². The molecular weight excluding hydrogens is 120 g/mol. The topological polar surface area (TPSA) is 0 Å². The monoisotopic (exact) mass is 125 g/mol. The molecule has 0 unspecified atom stereocenters. The summed E-state index contributed by atoms with van der Waals surface area (Å²) in [6.45, 7) is 1.96. The van der Waals surface area contributed by atoms with Crippen LogP contribution in [-0.4, -0.2) is 0 Å². The van der Waals surface area contributed by atoms with Crippen LogP contribution in [0.4, 0.5) is 0 Å². The standard InChI is InChI=1S/C7H6Cl/c1-6-3-2-4-7(8)5-6/h2-4H,1H3. The molecule has 0 N–H and O–H groups in total. The molecule has 0 spiro atoms. The lowest BCUT2D eigenvalue weighted by atomic mass is 10.2. The molecule has 0 nitrogen and oxygen atoms in total. The molecule has 0 saturated carbocycles. The maximum atomic E-state index is 5.59. The van der Waals surface area contributed by atoms with Crippen LogP contribution in [0, 0.1) is 13.0 Å². The highest BCUT2D eigenvalue weighted by molar-refractivity contribution is 6.30. The lowest BCUT2D eigenvalue weighted by Gasteiger charge is -1.87. The molecule has 0 aliphatic rings. The van der Waals surface area contributed by atoms with E-state index in [0.29, 0.717) is 5.02 Å². The molecule has 1 radical (unpaired) electrons. The van der Waals surface area contributed by atoms with Gasteiger partial charge >= 0.3 is 0 Å². The second-order valence-electron chi connectivity index (χ2n) is 1.68. The highest BCUT2D eigenvalue weighted by Crippen LogP contribution is 2.07. The zero-order valence-electron chi connectivity index (χ0n) is 4.61. The van der Waals surface area contributed by atoms with Crippen molar-refractivity contribution in [2.24, 2.45) is 0 Å². The Balaban J connectivity index is 3.08. The van der Waals surface area contributed by atoms with Gasteiger partial charge in [0.25, 0.3) is 0 Å². The number of halogens is 1. The van der Waals surface area contributed by atoms with E-state index >= 15 is 0 Å². The van der Waals surface area contributed by atoms with Gasteiger partial charge in [0.1, 0.15) is 0 Å². The molecule has 41 valence electrons. The SMILES string of the molecule is Cc1[c]c(Cl)ccc1. The highest BCUT2D eigenvalue weighted by Gasteiger charge is 1.84. The van der Waals surface area contributed by atoms with Crippen molar-refractivity contribution in [2.75, 3.05) is 0 Å². The molecule has 0 saturated heterocycles. The van der Waals surface area contributed by atoms with Crippen LogP contribution in [0.5, 0.6) is 0 Å². The summed E-state index contributed by atoms with van der Waals surface area (Å²) in [6.07, 6.45) is 0. The van der Waals surface area contributed by atoms with Gasteiger partial charge in [-0.05, 0) is 18.6 Å². The first-order valence-electron chi connectivity index (χ1n) is 2.43. The third-order valence-electron chi connectivity index (χ3n) is 0.905. The minimum Gasteiger partial charge on any atom is -0.0837 e. The van der Waals surface area contributed by atoms with Crippen molar-refractivity contribution in [3.05, 3.63) is 34.9 Å². The van der Waals surface area contributed by atoms with Crippen molar-refractivity contribution in [1.29, 1.82) is 0 Å². The highest BCUT2D eigenvalue weighted by atomic mass is 35.5. The summed E-state index contributed by atoms with van der Waals surface area (Å²) in [5.41, 5.74) is 1.08. The van der Waals surface area contributed by atoms with E-state index in [2.05, 4.69) is 6.07 Å². The van der Waals surface area contributed by atoms with Crippen LogP contribution in [0.2, 0.25) is 5.02 Å². The van der Waals surface area contributed by atoms with Gasteiger partial charge < -0.3 is 0 Å². The van der Waals surface area contributed by atoms with Crippen LogP contribution in [0.25, 0.3) is 0 Å². The van der Waals surface area contributed by atoms with Crippen LogP contribution < -0.4 is 0 Å². The molecule has 0 bridgehead atoms. The smallest absolute Gasteiger partial charge is 0.0487 e. The van der Waals surface area contributed by atoms with E-state index in [1.54, 1.807) is 0 Å². The molecule has 0 aliphatic carbocycles. The number of rotatable bonds is 0. The van der Waals surface area contributed by atoms with Gasteiger partial charge in [-0.3, -0.25) is 0 Å². The Morgan fingerprint density at radius 1 is 1.50 bits per heavy atom. The van der Waals surface area contributed by atoms with E-state index in [1.165, 1.54) is 0 Å². The van der Waals surface area contributed by atoms with Crippen LogP contribution in [0.15, 0.2) is 18.2 Å². The van der Waals surface area contributed by atoms with Gasteiger partial charge in [-0.25, -0.2) is 0 Å². The van der Waals surface area contributed by atoms with E-state index in [-0.39, 0.29) is 0 Å². The van der Waals surface area contributed by atoms with Crippen LogP contribution in [0.1, 0.15) is 5.56 Å². The Hall–Kier alpha value is -0.490.